The van der Waals surface area contributed by atoms with Crippen LogP contribution >= 0.6 is 0 Å². The molecule has 0 bridgehead atoms. The number of rotatable bonds is 8. The van der Waals surface area contributed by atoms with Crippen molar-refractivity contribution in [3.8, 4) is 5.82 Å². The molecule has 0 unspecified atom stereocenters. The van der Waals surface area contributed by atoms with E-state index in [1.165, 1.54) is 28.8 Å². The molecule has 11 nitrogen and oxygen atoms in total. The molecule has 2 heterocycles. The lowest BCUT2D eigenvalue weighted by molar-refractivity contribution is -0.598. The quantitative estimate of drug-likeness (QED) is 0.126. The summed E-state index contributed by atoms with van der Waals surface area (Å²) in [5.41, 5.74) is 1.86. The van der Waals surface area contributed by atoms with Crippen molar-refractivity contribution in [2.75, 3.05) is 10.0 Å². The summed E-state index contributed by atoms with van der Waals surface area (Å²) in [4.78, 5) is 31.8. The van der Waals surface area contributed by atoms with Crippen molar-refractivity contribution in [2.24, 2.45) is 0 Å². The molecule has 0 fully saturated rings. The smallest absolute Gasteiger partial charge is 0.319 e. The molecule has 0 aliphatic carbocycles. The first-order valence-corrected chi connectivity index (χ1v) is 13.4. The van der Waals surface area contributed by atoms with Gasteiger partial charge in [0.25, 0.3) is 15.7 Å². The van der Waals surface area contributed by atoms with Gasteiger partial charge in [0.1, 0.15) is 11.7 Å². The predicted molar refractivity (Wildman–Crippen MR) is 149 cm³/mol. The Morgan fingerprint density at radius 3 is 2.38 bits per heavy atom. The molecular formula is C28H21N6O5S+. The van der Waals surface area contributed by atoms with Gasteiger partial charge in [-0.3, -0.25) is 19.6 Å². The second kappa shape index (κ2) is 11.1. The number of sulfonamides is 1. The summed E-state index contributed by atoms with van der Waals surface area (Å²) in [6, 6.07) is 24.3. The molecule has 5 rings (SSSR count). The molecule has 198 valence electrons. The van der Waals surface area contributed by atoms with E-state index in [4.69, 9.17) is 0 Å². The van der Waals surface area contributed by atoms with Crippen molar-refractivity contribution in [2.45, 2.75) is 4.90 Å². The zero-order valence-electron chi connectivity index (χ0n) is 20.7. The van der Waals surface area contributed by atoms with E-state index in [1.54, 1.807) is 54.9 Å². The molecule has 0 saturated carbocycles. The van der Waals surface area contributed by atoms with Gasteiger partial charge in [-0.1, -0.05) is 48.5 Å². The maximum absolute atomic E-state index is 13.2. The minimum absolute atomic E-state index is 0.109. The average Bonchev–Trinajstić information content (AvgIpc) is 2.96. The highest BCUT2D eigenvalue weighted by molar-refractivity contribution is 7.92. The molecule has 1 amide bonds. The van der Waals surface area contributed by atoms with Crippen molar-refractivity contribution in [1.29, 1.82) is 0 Å². The number of carbonyl (C=O) groups is 1. The Morgan fingerprint density at radius 2 is 1.62 bits per heavy atom. The maximum Gasteiger partial charge on any atom is 0.372 e. The van der Waals surface area contributed by atoms with Gasteiger partial charge in [0.2, 0.25) is 17.2 Å². The number of nitro benzene ring substituents is 1. The number of para-hydroxylation sites is 2. The van der Waals surface area contributed by atoms with Crippen LogP contribution in [0.3, 0.4) is 0 Å². The maximum atomic E-state index is 13.2. The summed E-state index contributed by atoms with van der Waals surface area (Å²) >= 11 is 0. The van der Waals surface area contributed by atoms with Gasteiger partial charge >= 0.3 is 5.82 Å². The highest BCUT2D eigenvalue weighted by atomic mass is 32.2. The van der Waals surface area contributed by atoms with E-state index in [-0.39, 0.29) is 28.1 Å². The fourth-order valence-corrected chi connectivity index (χ4v) is 4.83. The van der Waals surface area contributed by atoms with Crippen LogP contribution in [0.2, 0.25) is 0 Å². The van der Waals surface area contributed by atoms with E-state index in [0.29, 0.717) is 16.7 Å². The molecule has 3 aromatic carbocycles. The Kier molecular flexibility index (Phi) is 7.25. The van der Waals surface area contributed by atoms with E-state index in [0.717, 1.165) is 11.6 Å². The number of anilines is 2. The number of benzene rings is 3. The summed E-state index contributed by atoms with van der Waals surface area (Å²) < 4.78 is 30.4. The van der Waals surface area contributed by atoms with Crippen LogP contribution in [-0.4, -0.2) is 29.2 Å². The summed E-state index contributed by atoms with van der Waals surface area (Å²) in [6.07, 6.45) is 6.28. The van der Waals surface area contributed by atoms with Crippen molar-refractivity contribution in [1.82, 2.24) is 9.97 Å². The van der Waals surface area contributed by atoms with Gasteiger partial charge in [-0.05, 0) is 47.0 Å². The number of carbonyl (C=O) groups excluding carboxylic acids is 1. The first-order chi connectivity index (χ1) is 19.3. The van der Waals surface area contributed by atoms with Gasteiger partial charge in [0, 0.05) is 18.2 Å². The SMILES string of the molecule is O=C(C=Cc1ccccc1)Nc1ccc[n+](-c2nc3ccccc3nc2NS(=O)(=O)c2cccc([N+](=O)[O-])c2)c1. The fourth-order valence-electron chi connectivity index (χ4n) is 3.79. The van der Waals surface area contributed by atoms with Gasteiger partial charge < -0.3 is 5.32 Å². The van der Waals surface area contributed by atoms with Crippen molar-refractivity contribution in [3.63, 3.8) is 0 Å². The summed E-state index contributed by atoms with van der Waals surface area (Å²) in [7, 11) is -4.28. The average molecular weight is 554 g/mol. The molecule has 0 spiro atoms. The number of nitro groups is 1. The molecule has 12 heteroatoms. The summed E-state index contributed by atoms with van der Waals surface area (Å²) in [5.74, 6) is -0.343. The molecule has 0 radical (unpaired) electrons. The lowest BCUT2D eigenvalue weighted by Crippen LogP contribution is -2.34. The first-order valence-electron chi connectivity index (χ1n) is 11.9. The largest absolute Gasteiger partial charge is 0.372 e. The number of nitrogens with one attached hydrogen (secondary N) is 2. The fraction of sp³-hybridized carbons (Fsp3) is 0. The Morgan fingerprint density at radius 1 is 0.900 bits per heavy atom. The third-order valence-corrected chi connectivity index (χ3v) is 7.00. The predicted octanol–water partition coefficient (Wildman–Crippen LogP) is 4.27. The number of pyridine rings is 1. The van der Waals surface area contributed by atoms with E-state index in [1.807, 2.05) is 30.3 Å². The molecule has 0 saturated heterocycles. The molecule has 5 aromatic rings. The highest BCUT2D eigenvalue weighted by Crippen LogP contribution is 2.23. The van der Waals surface area contributed by atoms with E-state index >= 15 is 0 Å². The number of nitrogens with zero attached hydrogens (tertiary/aromatic N) is 4. The highest BCUT2D eigenvalue weighted by Gasteiger charge is 2.26. The topological polar surface area (TPSA) is 148 Å². The van der Waals surface area contributed by atoms with Crippen LogP contribution in [0, 0.1) is 10.1 Å². The van der Waals surface area contributed by atoms with Crippen LogP contribution < -0.4 is 14.6 Å². The summed E-state index contributed by atoms with van der Waals surface area (Å²) in [5, 5.41) is 13.9. The van der Waals surface area contributed by atoms with Gasteiger partial charge in [-0.25, -0.2) is 13.4 Å². The number of hydrogen-bond acceptors (Lipinski definition) is 7. The lowest BCUT2D eigenvalue weighted by Gasteiger charge is -2.09. The monoisotopic (exact) mass is 553 g/mol. The van der Waals surface area contributed by atoms with Crippen LogP contribution in [0.25, 0.3) is 22.9 Å². The van der Waals surface area contributed by atoms with Crippen LogP contribution in [0.15, 0.2) is 114 Å². The Balaban J connectivity index is 1.49. The lowest BCUT2D eigenvalue weighted by atomic mass is 10.2. The molecular weight excluding hydrogens is 532 g/mol. The van der Waals surface area contributed by atoms with E-state index < -0.39 is 14.9 Å². The zero-order valence-corrected chi connectivity index (χ0v) is 21.5. The van der Waals surface area contributed by atoms with Crippen LogP contribution in [-0.2, 0) is 14.8 Å². The van der Waals surface area contributed by atoms with Gasteiger partial charge in [0.05, 0.1) is 21.7 Å². The third kappa shape index (κ3) is 5.97. The number of aromatic nitrogens is 3. The van der Waals surface area contributed by atoms with Crippen molar-refractivity contribution < 1.29 is 22.7 Å². The number of non-ortho nitro benzene ring substituents is 1. The van der Waals surface area contributed by atoms with Gasteiger partial charge in [-0.2, -0.15) is 4.57 Å². The Hall–Kier alpha value is -5.49. The molecule has 2 N–H and O–H groups in total. The number of amides is 1. The van der Waals surface area contributed by atoms with Crippen molar-refractivity contribution >= 4 is 50.2 Å². The van der Waals surface area contributed by atoms with Crippen LogP contribution in [0.5, 0.6) is 0 Å². The van der Waals surface area contributed by atoms with Gasteiger partial charge in [-0.15, -0.1) is 0 Å². The minimum atomic E-state index is -4.28. The number of fused-ring (bicyclic) bond motifs is 1. The second-order valence-corrected chi connectivity index (χ2v) is 10.2. The van der Waals surface area contributed by atoms with Crippen molar-refractivity contribution in [3.05, 3.63) is 125 Å². The van der Waals surface area contributed by atoms with E-state index in [9.17, 15) is 23.3 Å². The van der Waals surface area contributed by atoms with Crippen LogP contribution in [0.1, 0.15) is 5.56 Å². The minimum Gasteiger partial charge on any atom is -0.319 e. The standard InChI is InChI=1S/C28H20N6O5S/c35-26(16-15-20-8-2-1-3-9-20)29-21-10-7-17-33(19-21)28-27(30-24-13-4-5-14-25(24)31-28)32-40(38,39)23-12-6-11-22(18-23)34(36)37/h1-19H,(H-,29,30,32,35)/p+1. The molecule has 0 atom stereocenters. The van der Waals surface area contributed by atoms with Gasteiger partial charge in [0.15, 0.2) is 0 Å². The molecule has 40 heavy (non-hydrogen) atoms. The van der Waals surface area contributed by atoms with E-state index in [2.05, 4.69) is 20.0 Å². The first kappa shape index (κ1) is 26.1. The third-order valence-electron chi connectivity index (χ3n) is 5.66. The zero-order chi connectivity index (χ0) is 28.1. The molecule has 0 aliphatic heterocycles. The Bertz CT molecular complexity index is 1880. The van der Waals surface area contributed by atoms with Crippen LogP contribution in [0.4, 0.5) is 17.2 Å². The Labute approximate surface area is 228 Å². The summed E-state index contributed by atoms with van der Waals surface area (Å²) in [6.45, 7) is 0. The normalized spacial score (nSPS) is 11.4. The second-order valence-electron chi connectivity index (χ2n) is 8.48. The molecule has 2 aromatic heterocycles. The molecule has 0 aliphatic rings. The number of hydrogen-bond donors (Lipinski definition) is 2.